The van der Waals surface area contributed by atoms with Crippen molar-refractivity contribution in [3.63, 3.8) is 0 Å². The van der Waals surface area contributed by atoms with Crippen molar-refractivity contribution >= 4 is 11.5 Å². The first-order chi connectivity index (χ1) is 5.47. The molecule has 0 amide bonds. The zero-order valence-corrected chi connectivity index (χ0v) is 6.30. The second kappa shape index (κ2) is 2.78. The minimum atomic E-state index is 0.977. The third-order valence-corrected chi connectivity index (χ3v) is 1.77. The van der Waals surface area contributed by atoms with E-state index in [2.05, 4.69) is 15.6 Å². The average molecular weight is 149 g/mol. The van der Waals surface area contributed by atoms with Crippen LogP contribution >= 0.6 is 0 Å². The number of hydrogen-bond acceptors (Lipinski definition) is 3. The fourth-order valence-corrected chi connectivity index (χ4v) is 1.21. The van der Waals surface area contributed by atoms with Crippen molar-refractivity contribution in [2.45, 2.75) is 6.42 Å². The Morgan fingerprint density at radius 1 is 1.27 bits per heavy atom. The quantitative estimate of drug-likeness (QED) is 0.584. The second-order valence-electron chi connectivity index (χ2n) is 2.61. The lowest BCUT2D eigenvalue weighted by Crippen LogP contribution is -2.01. The molecule has 2 N–H and O–H groups in total. The Morgan fingerprint density at radius 2 is 2.18 bits per heavy atom. The normalized spacial score (nSPS) is 15.6. The van der Waals surface area contributed by atoms with Crippen LogP contribution in [-0.4, -0.2) is 18.1 Å². The van der Waals surface area contributed by atoms with Gasteiger partial charge in [0.2, 0.25) is 0 Å². The number of hydrogen-bond donors (Lipinski definition) is 2. The summed E-state index contributed by atoms with van der Waals surface area (Å²) in [5, 5.41) is 6.55. The summed E-state index contributed by atoms with van der Waals surface area (Å²) in [5.41, 5.74) is 1.12. The van der Waals surface area contributed by atoms with Crippen LogP contribution in [0.25, 0.3) is 0 Å². The highest BCUT2D eigenvalue weighted by Crippen LogP contribution is 2.19. The molecule has 0 bridgehead atoms. The number of fused-ring (bicyclic) bond motifs is 1. The molecule has 2 rings (SSSR count). The van der Waals surface area contributed by atoms with Gasteiger partial charge in [0.1, 0.15) is 5.82 Å². The van der Waals surface area contributed by atoms with E-state index in [4.69, 9.17) is 0 Å². The molecule has 0 saturated heterocycles. The van der Waals surface area contributed by atoms with Crippen LogP contribution in [0, 0.1) is 0 Å². The van der Waals surface area contributed by atoms with Gasteiger partial charge < -0.3 is 10.6 Å². The van der Waals surface area contributed by atoms with Crippen molar-refractivity contribution in [3.8, 4) is 0 Å². The first kappa shape index (κ1) is 6.46. The lowest BCUT2D eigenvalue weighted by molar-refractivity contribution is 0.926. The van der Waals surface area contributed by atoms with Gasteiger partial charge >= 0.3 is 0 Å². The van der Waals surface area contributed by atoms with E-state index in [0.717, 1.165) is 31.0 Å². The van der Waals surface area contributed by atoms with E-state index in [-0.39, 0.29) is 0 Å². The fourth-order valence-electron chi connectivity index (χ4n) is 1.21. The third-order valence-electron chi connectivity index (χ3n) is 1.77. The van der Waals surface area contributed by atoms with Gasteiger partial charge in [-0.05, 0) is 18.6 Å². The highest BCUT2D eigenvalue weighted by Gasteiger charge is 2.04. The summed E-state index contributed by atoms with van der Waals surface area (Å²) in [6, 6.07) is 3.99. The maximum Gasteiger partial charge on any atom is 0.149 e. The summed E-state index contributed by atoms with van der Waals surface area (Å²) in [5.74, 6) is 0.977. The van der Waals surface area contributed by atoms with Gasteiger partial charge in [0.05, 0.1) is 5.69 Å². The summed E-state index contributed by atoms with van der Waals surface area (Å²) in [6.07, 6.45) is 2.95. The Hall–Kier alpha value is -1.25. The molecule has 1 aromatic heterocycles. The average Bonchev–Trinajstić information content (AvgIpc) is 2.28. The highest BCUT2D eigenvalue weighted by atomic mass is 15.1. The van der Waals surface area contributed by atoms with Crippen molar-refractivity contribution in [2.24, 2.45) is 0 Å². The molecule has 0 fully saturated rings. The number of nitrogens with one attached hydrogen (secondary N) is 2. The molecule has 58 valence electrons. The largest absolute Gasteiger partial charge is 0.382 e. The smallest absolute Gasteiger partial charge is 0.149 e. The summed E-state index contributed by atoms with van der Waals surface area (Å²) in [6.45, 7) is 2.04. The molecule has 1 aliphatic rings. The minimum absolute atomic E-state index is 0.977. The van der Waals surface area contributed by atoms with Crippen molar-refractivity contribution in [1.29, 1.82) is 0 Å². The maximum atomic E-state index is 4.21. The number of anilines is 2. The van der Waals surface area contributed by atoms with E-state index < -0.39 is 0 Å². The van der Waals surface area contributed by atoms with Gasteiger partial charge in [-0.2, -0.15) is 0 Å². The Morgan fingerprint density at radius 3 is 3.18 bits per heavy atom. The van der Waals surface area contributed by atoms with Crippen LogP contribution in [0.2, 0.25) is 0 Å². The summed E-state index contributed by atoms with van der Waals surface area (Å²) in [7, 11) is 0. The Bertz CT molecular complexity index is 222. The zero-order valence-electron chi connectivity index (χ0n) is 6.30. The fraction of sp³-hybridized carbons (Fsp3) is 0.375. The van der Waals surface area contributed by atoms with Crippen molar-refractivity contribution in [2.75, 3.05) is 23.7 Å². The molecule has 0 radical (unpaired) electrons. The van der Waals surface area contributed by atoms with Crippen LogP contribution in [-0.2, 0) is 0 Å². The van der Waals surface area contributed by atoms with Gasteiger partial charge in [0.15, 0.2) is 0 Å². The lowest BCUT2D eigenvalue weighted by Gasteiger charge is -2.04. The molecule has 0 atom stereocenters. The van der Waals surface area contributed by atoms with E-state index in [1.165, 1.54) is 0 Å². The first-order valence-corrected chi connectivity index (χ1v) is 3.89. The van der Waals surface area contributed by atoms with E-state index in [1.807, 2.05) is 12.1 Å². The van der Waals surface area contributed by atoms with Crippen LogP contribution in [0.3, 0.4) is 0 Å². The molecule has 0 aromatic carbocycles. The molecule has 0 spiro atoms. The van der Waals surface area contributed by atoms with Crippen LogP contribution in [0.1, 0.15) is 6.42 Å². The monoisotopic (exact) mass is 149 g/mol. The minimum Gasteiger partial charge on any atom is -0.382 e. The second-order valence-corrected chi connectivity index (χ2v) is 2.61. The van der Waals surface area contributed by atoms with E-state index in [9.17, 15) is 0 Å². The van der Waals surface area contributed by atoms with Crippen LogP contribution in [0.15, 0.2) is 18.3 Å². The Kier molecular flexibility index (Phi) is 1.63. The molecule has 1 aromatic rings. The molecule has 11 heavy (non-hydrogen) atoms. The third kappa shape index (κ3) is 1.27. The Balaban J connectivity index is 2.33. The van der Waals surface area contributed by atoms with Gasteiger partial charge in [-0.3, -0.25) is 0 Å². The zero-order chi connectivity index (χ0) is 7.52. The van der Waals surface area contributed by atoms with Gasteiger partial charge in [0.25, 0.3) is 0 Å². The van der Waals surface area contributed by atoms with E-state index >= 15 is 0 Å². The molecule has 0 unspecified atom stereocenters. The van der Waals surface area contributed by atoms with Gasteiger partial charge in [-0.1, -0.05) is 0 Å². The molecule has 3 nitrogen and oxygen atoms in total. The van der Waals surface area contributed by atoms with Crippen LogP contribution in [0.5, 0.6) is 0 Å². The molecule has 2 heterocycles. The number of pyridine rings is 1. The lowest BCUT2D eigenvalue weighted by atomic mass is 10.4. The highest BCUT2D eigenvalue weighted by molar-refractivity contribution is 5.64. The van der Waals surface area contributed by atoms with Crippen molar-refractivity contribution in [1.82, 2.24) is 4.98 Å². The van der Waals surface area contributed by atoms with Crippen molar-refractivity contribution in [3.05, 3.63) is 18.3 Å². The summed E-state index contributed by atoms with van der Waals surface area (Å²) >= 11 is 0. The van der Waals surface area contributed by atoms with Gasteiger partial charge in [-0.15, -0.1) is 0 Å². The van der Waals surface area contributed by atoms with Gasteiger partial charge in [-0.25, -0.2) is 4.98 Å². The Labute approximate surface area is 65.8 Å². The predicted molar refractivity (Wildman–Crippen MR) is 45.8 cm³/mol. The topological polar surface area (TPSA) is 37.0 Å². The summed E-state index contributed by atoms with van der Waals surface area (Å²) in [4.78, 5) is 4.21. The molecule has 0 aliphatic carbocycles. The molecule has 1 aliphatic heterocycles. The number of nitrogens with zero attached hydrogens (tertiary/aromatic N) is 1. The SMILES string of the molecule is c1cnc2c(c1)NCCCN2. The number of rotatable bonds is 0. The van der Waals surface area contributed by atoms with Crippen LogP contribution in [0.4, 0.5) is 11.5 Å². The van der Waals surface area contributed by atoms with Crippen molar-refractivity contribution < 1.29 is 0 Å². The van der Waals surface area contributed by atoms with Crippen LogP contribution < -0.4 is 10.6 Å². The first-order valence-electron chi connectivity index (χ1n) is 3.89. The molecule has 0 saturated carbocycles. The number of aromatic nitrogens is 1. The van der Waals surface area contributed by atoms with E-state index in [0.29, 0.717) is 0 Å². The standard InChI is InChI=1S/C8H11N3/c1-3-7-8(10-4-1)11-6-2-5-9-7/h1,3-4,9H,2,5-6H2,(H,10,11). The molecule has 3 heteroatoms. The predicted octanol–water partition coefficient (Wildman–Crippen LogP) is 1.31. The molecular formula is C8H11N3. The van der Waals surface area contributed by atoms with Gasteiger partial charge in [0, 0.05) is 19.3 Å². The molecular weight excluding hydrogens is 138 g/mol. The maximum absolute atomic E-state index is 4.21. The summed E-state index contributed by atoms with van der Waals surface area (Å²) < 4.78 is 0. The van der Waals surface area contributed by atoms with E-state index in [1.54, 1.807) is 6.20 Å².